The molecule has 0 aliphatic heterocycles. The van der Waals surface area contributed by atoms with Crippen molar-refractivity contribution in [2.75, 3.05) is 19.7 Å². The third kappa shape index (κ3) is 3.82. The number of hydrogen-bond donors (Lipinski definition) is 2. The largest absolute Gasteiger partial charge is 0.395 e. The lowest BCUT2D eigenvalue weighted by molar-refractivity contribution is 0.00861. The number of aliphatic hydroxyl groups excluding tert-OH is 2. The van der Waals surface area contributed by atoms with Gasteiger partial charge in [-0.1, -0.05) is 6.92 Å². The Morgan fingerprint density at radius 3 is 2.30 bits per heavy atom. The number of hydrogen-bond acceptors (Lipinski definition) is 3. The predicted octanol–water partition coefficient (Wildman–Crippen LogP) is 0.0290. The highest BCUT2D eigenvalue weighted by atomic mass is 16.3. The van der Waals surface area contributed by atoms with Crippen LogP contribution in [0.25, 0.3) is 0 Å². The summed E-state index contributed by atoms with van der Waals surface area (Å²) in [5.74, 6) is 0. The monoisotopic (exact) mass is 147 g/mol. The summed E-state index contributed by atoms with van der Waals surface area (Å²) in [7, 11) is 0. The Bertz CT molecular complexity index is 70.0. The van der Waals surface area contributed by atoms with Crippen molar-refractivity contribution >= 4 is 0 Å². The van der Waals surface area contributed by atoms with Crippen LogP contribution in [-0.4, -0.2) is 41.0 Å². The van der Waals surface area contributed by atoms with E-state index in [9.17, 15) is 0 Å². The Labute approximate surface area is 62.3 Å². The van der Waals surface area contributed by atoms with Gasteiger partial charge in [0.05, 0.1) is 6.61 Å². The topological polar surface area (TPSA) is 43.7 Å². The van der Waals surface area contributed by atoms with Gasteiger partial charge in [0, 0.05) is 13.1 Å². The van der Waals surface area contributed by atoms with Gasteiger partial charge in [0.15, 0.2) is 0 Å². The molecule has 0 aromatic heterocycles. The van der Waals surface area contributed by atoms with E-state index in [0.29, 0.717) is 6.54 Å². The second-order valence-corrected chi connectivity index (χ2v) is 2.39. The molecule has 1 unspecified atom stereocenters. The highest BCUT2D eigenvalue weighted by molar-refractivity contribution is 4.55. The lowest BCUT2D eigenvalue weighted by Crippen LogP contribution is -2.35. The Kier molecular flexibility index (Phi) is 5.58. The fourth-order valence-electron chi connectivity index (χ4n) is 0.901. The molecule has 0 aromatic rings. The van der Waals surface area contributed by atoms with Crippen molar-refractivity contribution in [1.82, 2.24) is 4.90 Å². The number of rotatable bonds is 5. The molecular weight excluding hydrogens is 130 g/mol. The normalized spacial score (nSPS) is 14.1. The molecule has 0 bridgehead atoms. The molecule has 0 fully saturated rings. The standard InChI is InChI=1S/C7H17NO2/c1-3-4-8(5-6-9)7(2)10/h7,9-10H,3-6H2,1-2H3. The fraction of sp³-hybridized carbons (Fsp3) is 1.00. The maximum Gasteiger partial charge on any atom is 0.104 e. The van der Waals surface area contributed by atoms with Gasteiger partial charge < -0.3 is 10.2 Å². The Balaban J connectivity index is 3.50. The minimum atomic E-state index is -0.438. The average Bonchev–Trinajstić information content (AvgIpc) is 1.87. The van der Waals surface area contributed by atoms with Gasteiger partial charge in [-0.05, 0) is 13.3 Å². The highest BCUT2D eigenvalue weighted by Gasteiger charge is 2.07. The highest BCUT2D eigenvalue weighted by Crippen LogP contribution is 1.95. The molecule has 0 radical (unpaired) electrons. The van der Waals surface area contributed by atoms with Gasteiger partial charge in [-0.15, -0.1) is 0 Å². The molecule has 0 aromatic carbocycles. The van der Waals surface area contributed by atoms with Crippen LogP contribution in [0.1, 0.15) is 20.3 Å². The predicted molar refractivity (Wildman–Crippen MR) is 40.6 cm³/mol. The second kappa shape index (κ2) is 5.65. The van der Waals surface area contributed by atoms with Crippen molar-refractivity contribution < 1.29 is 10.2 Å². The van der Waals surface area contributed by atoms with Gasteiger partial charge in [-0.3, -0.25) is 4.90 Å². The second-order valence-electron chi connectivity index (χ2n) is 2.39. The molecule has 0 spiro atoms. The Morgan fingerprint density at radius 2 is 2.00 bits per heavy atom. The van der Waals surface area contributed by atoms with E-state index in [2.05, 4.69) is 0 Å². The minimum Gasteiger partial charge on any atom is -0.395 e. The molecule has 0 amide bonds. The van der Waals surface area contributed by atoms with Gasteiger partial charge in [0.25, 0.3) is 0 Å². The summed E-state index contributed by atoms with van der Waals surface area (Å²) in [4.78, 5) is 1.83. The van der Waals surface area contributed by atoms with Crippen molar-refractivity contribution in [2.45, 2.75) is 26.5 Å². The third-order valence-electron chi connectivity index (χ3n) is 1.43. The van der Waals surface area contributed by atoms with E-state index in [1.54, 1.807) is 6.92 Å². The van der Waals surface area contributed by atoms with E-state index in [-0.39, 0.29) is 6.61 Å². The maximum atomic E-state index is 9.09. The van der Waals surface area contributed by atoms with Crippen molar-refractivity contribution in [3.05, 3.63) is 0 Å². The minimum absolute atomic E-state index is 0.116. The van der Waals surface area contributed by atoms with Crippen molar-refractivity contribution in [2.24, 2.45) is 0 Å². The molecule has 3 heteroatoms. The van der Waals surface area contributed by atoms with E-state index in [0.717, 1.165) is 13.0 Å². The lowest BCUT2D eigenvalue weighted by Gasteiger charge is -2.23. The Morgan fingerprint density at radius 1 is 1.40 bits per heavy atom. The van der Waals surface area contributed by atoms with Gasteiger partial charge in [-0.2, -0.15) is 0 Å². The number of nitrogens with zero attached hydrogens (tertiary/aromatic N) is 1. The molecular formula is C7H17NO2. The third-order valence-corrected chi connectivity index (χ3v) is 1.43. The van der Waals surface area contributed by atoms with Crippen LogP contribution in [0.2, 0.25) is 0 Å². The summed E-state index contributed by atoms with van der Waals surface area (Å²) < 4.78 is 0. The van der Waals surface area contributed by atoms with E-state index < -0.39 is 6.23 Å². The molecule has 0 heterocycles. The smallest absolute Gasteiger partial charge is 0.104 e. The SMILES string of the molecule is CCCN(CCO)C(C)O. The van der Waals surface area contributed by atoms with Crippen LogP contribution in [-0.2, 0) is 0 Å². The zero-order chi connectivity index (χ0) is 7.98. The first kappa shape index (κ1) is 9.88. The fourth-order valence-corrected chi connectivity index (χ4v) is 0.901. The quantitative estimate of drug-likeness (QED) is 0.539. The molecule has 0 saturated carbocycles. The molecule has 0 rings (SSSR count). The molecule has 3 nitrogen and oxygen atoms in total. The molecule has 0 saturated heterocycles. The first-order valence-corrected chi connectivity index (χ1v) is 3.75. The van der Waals surface area contributed by atoms with Crippen LogP contribution >= 0.6 is 0 Å². The first-order valence-electron chi connectivity index (χ1n) is 3.75. The van der Waals surface area contributed by atoms with E-state index in [4.69, 9.17) is 10.2 Å². The van der Waals surface area contributed by atoms with Crippen LogP contribution in [0.15, 0.2) is 0 Å². The molecule has 0 aliphatic carbocycles. The van der Waals surface area contributed by atoms with Crippen molar-refractivity contribution in [1.29, 1.82) is 0 Å². The summed E-state index contributed by atoms with van der Waals surface area (Å²) in [5, 5.41) is 17.6. The van der Waals surface area contributed by atoms with Crippen LogP contribution in [0.5, 0.6) is 0 Å². The van der Waals surface area contributed by atoms with Crippen molar-refractivity contribution in [3.63, 3.8) is 0 Å². The van der Waals surface area contributed by atoms with Gasteiger partial charge >= 0.3 is 0 Å². The molecule has 0 aliphatic rings. The van der Waals surface area contributed by atoms with Crippen LogP contribution in [0.4, 0.5) is 0 Å². The van der Waals surface area contributed by atoms with Crippen LogP contribution < -0.4 is 0 Å². The van der Waals surface area contributed by atoms with Crippen molar-refractivity contribution in [3.8, 4) is 0 Å². The summed E-state index contributed by atoms with van der Waals surface area (Å²) in [5.41, 5.74) is 0. The van der Waals surface area contributed by atoms with Gasteiger partial charge in [0.1, 0.15) is 6.23 Å². The molecule has 1 atom stereocenters. The van der Waals surface area contributed by atoms with Crippen LogP contribution in [0.3, 0.4) is 0 Å². The molecule has 62 valence electrons. The average molecular weight is 147 g/mol. The van der Waals surface area contributed by atoms with Crippen LogP contribution in [0, 0.1) is 0 Å². The van der Waals surface area contributed by atoms with Gasteiger partial charge in [0.2, 0.25) is 0 Å². The summed E-state index contributed by atoms with van der Waals surface area (Å²) >= 11 is 0. The maximum absolute atomic E-state index is 9.09. The lowest BCUT2D eigenvalue weighted by atomic mass is 10.4. The molecule has 10 heavy (non-hydrogen) atoms. The van der Waals surface area contributed by atoms with Gasteiger partial charge in [-0.25, -0.2) is 0 Å². The Hall–Kier alpha value is -0.120. The first-order chi connectivity index (χ1) is 4.72. The van der Waals surface area contributed by atoms with E-state index >= 15 is 0 Å². The zero-order valence-corrected chi connectivity index (χ0v) is 6.75. The van der Waals surface area contributed by atoms with E-state index in [1.165, 1.54) is 0 Å². The summed E-state index contributed by atoms with van der Waals surface area (Å²) in [6.07, 6.45) is 0.567. The van der Waals surface area contributed by atoms with E-state index in [1.807, 2.05) is 11.8 Å². The zero-order valence-electron chi connectivity index (χ0n) is 6.75. The summed E-state index contributed by atoms with van der Waals surface area (Å²) in [6, 6.07) is 0. The number of aliphatic hydroxyl groups is 2. The molecule has 2 N–H and O–H groups in total. The summed E-state index contributed by atoms with van der Waals surface area (Å²) in [6.45, 7) is 5.28.